The lowest BCUT2D eigenvalue weighted by Crippen LogP contribution is -2.62. The number of hydrogen-bond donors (Lipinski definition) is 20. The number of aliphatic hydroxyl groups excluding tert-OH is 1. The Balaban J connectivity index is 7.11. The first-order valence-electron chi connectivity index (χ1n) is 28.8. The average molecular weight is 1230 g/mol. The van der Waals surface area contributed by atoms with Crippen molar-refractivity contribution in [2.24, 2.45) is 84.3 Å². The molecule has 0 aliphatic carbocycles. The molecule has 0 rings (SSSR count). The highest BCUT2D eigenvalue weighted by Crippen LogP contribution is 2.14. The Morgan fingerprint density at radius 1 is 0.442 bits per heavy atom. The van der Waals surface area contributed by atoms with Gasteiger partial charge in [0.2, 0.25) is 59.1 Å². The molecule has 490 valence electrons. The van der Waals surface area contributed by atoms with Crippen molar-refractivity contribution in [3.05, 3.63) is 0 Å². The van der Waals surface area contributed by atoms with E-state index in [-0.39, 0.29) is 114 Å². The molecule has 0 fully saturated rings. The molecule has 0 radical (unpaired) electrons. The lowest BCUT2D eigenvalue weighted by atomic mass is 9.96. The molecule has 0 aromatic carbocycles. The number of nitrogens with zero attached hydrogens (tertiary/aromatic N) is 3. The van der Waals surface area contributed by atoms with Crippen molar-refractivity contribution in [1.29, 1.82) is 0 Å². The second-order valence-electron chi connectivity index (χ2n) is 21.6. The van der Waals surface area contributed by atoms with Crippen molar-refractivity contribution >= 4 is 82.9 Å². The van der Waals surface area contributed by atoms with E-state index in [0.717, 1.165) is 0 Å². The highest BCUT2D eigenvalue weighted by molar-refractivity contribution is 5.99. The zero-order valence-corrected chi connectivity index (χ0v) is 50.7. The van der Waals surface area contributed by atoms with Gasteiger partial charge in [-0.3, -0.25) is 67.7 Å². The Hall–Kier alpha value is -8.14. The molecule has 11 atom stereocenters. The lowest BCUT2D eigenvalue weighted by Gasteiger charge is -2.30. The van der Waals surface area contributed by atoms with Crippen LogP contribution in [0.2, 0.25) is 0 Å². The van der Waals surface area contributed by atoms with Gasteiger partial charge in [0.15, 0.2) is 17.9 Å². The third-order valence-corrected chi connectivity index (χ3v) is 13.3. The van der Waals surface area contributed by atoms with E-state index < -0.39 is 144 Å². The molecule has 0 aliphatic rings. The topological polar surface area (TPSA) is 608 Å². The predicted octanol–water partition coefficient (Wildman–Crippen LogP) is -6.92. The summed E-state index contributed by atoms with van der Waals surface area (Å²) in [5.74, 6) is -12.1. The van der Waals surface area contributed by atoms with E-state index in [2.05, 4.69) is 62.8 Å². The van der Waals surface area contributed by atoms with Crippen LogP contribution in [-0.4, -0.2) is 186 Å². The van der Waals surface area contributed by atoms with E-state index in [9.17, 15) is 63.0 Å². The van der Waals surface area contributed by atoms with Crippen LogP contribution in [0.4, 0.5) is 0 Å². The van der Waals surface area contributed by atoms with E-state index in [4.69, 9.17) is 51.6 Å². The van der Waals surface area contributed by atoms with Gasteiger partial charge in [0.25, 0.3) is 0 Å². The van der Waals surface area contributed by atoms with E-state index in [1.165, 1.54) is 6.92 Å². The van der Waals surface area contributed by atoms with E-state index in [1.807, 2.05) is 0 Å². The molecule has 0 aliphatic heterocycles. The molecule has 34 nitrogen and oxygen atoms in total. The van der Waals surface area contributed by atoms with Crippen LogP contribution >= 0.6 is 0 Å². The number of carbonyl (C=O) groups excluding carboxylic acids is 10. The quantitative estimate of drug-likeness (QED) is 0.0153. The van der Waals surface area contributed by atoms with Crippen LogP contribution in [0.3, 0.4) is 0 Å². The first-order chi connectivity index (χ1) is 40.3. The Morgan fingerprint density at radius 2 is 0.802 bits per heavy atom. The number of primary amides is 1. The van der Waals surface area contributed by atoms with Gasteiger partial charge in [-0.1, -0.05) is 48.0 Å². The van der Waals surface area contributed by atoms with Crippen LogP contribution in [0.5, 0.6) is 0 Å². The summed E-state index contributed by atoms with van der Waals surface area (Å²) in [4.78, 5) is 160. The van der Waals surface area contributed by atoms with Gasteiger partial charge in [-0.15, -0.1) is 0 Å². The molecule has 34 heteroatoms. The van der Waals surface area contributed by atoms with Gasteiger partial charge in [0.1, 0.15) is 54.4 Å². The number of amides is 10. The molecule has 10 amide bonds. The second-order valence-corrected chi connectivity index (χ2v) is 21.6. The minimum absolute atomic E-state index is 0.00436. The fourth-order valence-corrected chi connectivity index (χ4v) is 8.14. The summed E-state index contributed by atoms with van der Waals surface area (Å²) in [6.07, 6.45) is 0.944. The Kier molecular flexibility index (Phi) is 37.8. The third kappa shape index (κ3) is 32.2. The van der Waals surface area contributed by atoms with Crippen molar-refractivity contribution in [1.82, 2.24) is 47.9 Å². The van der Waals surface area contributed by atoms with Crippen molar-refractivity contribution in [2.45, 2.75) is 192 Å². The number of carbonyl (C=O) groups is 11. The SMILES string of the molecule is CC[C@H](C)[C@H](NC(=O)[C@H](CCCCN)NC(=O)[C@H](CCCN=C(N)N)NC(=O)[C@@H](N)CCC(N)=O)C(=O)N[C@@H](CCCN=C(N)N)C(=O)N[C@H](C(=O)N[C@@H](CCCN=C(N)N)C(=O)N[C@@H](CC(C)C)C(=O)N[C@@H](CO)C(=O)N[C@@H](C)C(=O)O)C(C)C. The molecule has 86 heavy (non-hydrogen) atoms. The lowest BCUT2D eigenvalue weighted by molar-refractivity contribution is -0.142. The third-order valence-electron chi connectivity index (χ3n) is 13.3. The fraction of sp³-hybridized carbons (Fsp3) is 0.731. The molecule has 0 aromatic heterocycles. The summed E-state index contributed by atoms with van der Waals surface area (Å²) in [5.41, 5.74) is 50.1. The van der Waals surface area contributed by atoms with Gasteiger partial charge in [-0.05, 0) is 102 Å². The minimum atomic E-state index is -1.61. The molecule has 0 heterocycles. The molecular weight excluding hydrogens is 1130 g/mol. The van der Waals surface area contributed by atoms with Crippen LogP contribution in [0.15, 0.2) is 15.0 Å². The predicted molar refractivity (Wildman–Crippen MR) is 321 cm³/mol. The number of aliphatic carboxylic acids is 1. The summed E-state index contributed by atoms with van der Waals surface area (Å²) in [6, 6.07) is -13.7. The summed E-state index contributed by atoms with van der Waals surface area (Å²) in [5, 5.41) is 42.3. The number of carboxylic acids is 1. The first kappa shape index (κ1) is 77.9. The standard InChI is InChI=1S/C52H99N21O13/c1-8-28(6)39(73-44(80)31(14-9-10-20-53)67-41(77)32(15-11-21-62-50(56)57)66-40(76)30(54)18-19-37(55)75)48(84)69-34(17-13-23-64-52(60)61)43(79)72-38(27(4)5)47(83)68-33(16-12-22-63-51(58)59)42(78)70-35(24-26(2)3)45(81)71-36(25-74)46(82)65-29(7)49(85)86/h26-36,38-39,74H,8-25,53-54H2,1-7H3,(H2,55,75)(H,65,82)(H,66,76)(H,67,77)(H,68,83)(H,69,84)(H,70,78)(H,71,81)(H,72,79)(H,73,80)(H,85,86)(H4,56,57,62)(H4,58,59,63)(H4,60,61,64)/t28-,29-,30-,31-,32-,33-,34-,35-,36-,38-,39-/m0/s1. The molecule has 0 unspecified atom stereocenters. The number of nitrogens with one attached hydrogen (secondary N) is 9. The molecule has 0 saturated heterocycles. The average Bonchev–Trinajstić information content (AvgIpc) is 3.62. The normalized spacial score (nSPS) is 14.9. The Morgan fingerprint density at radius 3 is 1.19 bits per heavy atom. The van der Waals surface area contributed by atoms with Gasteiger partial charge in [-0.25, -0.2) is 0 Å². The smallest absolute Gasteiger partial charge is 0.325 e. The maximum absolute atomic E-state index is 14.5. The maximum atomic E-state index is 14.5. The van der Waals surface area contributed by atoms with E-state index in [1.54, 1.807) is 41.5 Å². The van der Waals surface area contributed by atoms with Crippen LogP contribution < -0.4 is 99.5 Å². The molecular formula is C52H99N21O13. The summed E-state index contributed by atoms with van der Waals surface area (Å²) in [6.45, 7) is 10.7. The number of carboxylic acid groups (broad SMARTS) is 1. The van der Waals surface area contributed by atoms with Crippen molar-refractivity contribution in [3.8, 4) is 0 Å². The van der Waals surface area contributed by atoms with E-state index >= 15 is 0 Å². The number of guanidine groups is 3. The Labute approximate surface area is 501 Å². The number of nitrogens with two attached hydrogens (primary N) is 9. The molecule has 0 aromatic rings. The van der Waals surface area contributed by atoms with Gasteiger partial charge in [0, 0.05) is 26.1 Å². The maximum Gasteiger partial charge on any atom is 0.325 e. The second kappa shape index (κ2) is 41.8. The summed E-state index contributed by atoms with van der Waals surface area (Å²) in [7, 11) is 0. The largest absolute Gasteiger partial charge is 0.480 e. The van der Waals surface area contributed by atoms with Crippen molar-refractivity contribution in [2.75, 3.05) is 32.8 Å². The van der Waals surface area contributed by atoms with Gasteiger partial charge >= 0.3 is 5.97 Å². The van der Waals surface area contributed by atoms with Gasteiger partial charge in [-0.2, -0.15) is 0 Å². The monoisotopic (exact) mass is 1230 g/mol. The zero-order valence-electron chi connectivity index (χ0n) is 50.7. The number of hydrogen-bond acceptors (Lipinski definition) is 17. The van der Waals surface area contributed by atoms with Gasteiger partial charge < -0.3 is 110 Å². The van der Waals surface area contributed by atoms with Gasteiger partial charge in [0.05, 0.1) is 12.6 Å². The molecule has 0 saturated carbocycles. The highest BCUT2D eigenvalue weighted by atomic mass is 16.4. The van der Waals surface area contributed by atoms with Crippen LogP contribution in [0, 0.1) is 17.8 Å². The molecule has 0 bridgehead atoms. The van der Waals surface area contributed by atoms with Crippen molar-refractivity contribution < 1.29 is 63.0 Å². The molecule has 0 spiro atoms. The number of aliphatic hydroxyl groups is 1. The summed E-state index contributed by atoms with van der Waals surface area (Å²) >= 11 is 0. The van der Waals surface area contributed by atoms with Crippen molar-refractivity contribution in [3.63, 3.8) is 0 Å². The molecule has 29 N–H and O–H groups in total. The first-order valence-corrected chi connectivity index (χ1v) is 28.8. The highest BCUT2D eigenvalue weighted by Gasteiger charge is 2.37. The van der Waals surface area contributed by atoms with Crippen LogP contribution in [-0.2, 0) is 52.7 Å². The summed E-state index contributed by atoms with van der Waals surface area (Å²) < 4.78 is 0. The zero-order chi connectivity index (χ0) is 65.8. The number of unbranched alkanes of at least 4 members (excludes halogenated alkanes) is 1. The van der Waals surface area contributed by atoms with Crippen LogP contribution in [0.25, 0.3) is 0 Å². The van der Waals surface area contributed by atoms with E-state index in [0.29, 0.717) is 19.3 Å². The fourth-order valence-electron chi connectivity index (χ4n) is 8.14. The van der Waals surface area contributed by atoms with Crippen LogP contribution in [0.1, 0.15) is 132 Å². The number of aliphatic imine (C=N–C) groups is 3. The Bertz CT molecular complexity index is 2310. The minimum Gasteiger partial charge on any atom is -0.480 e. The number of rotatable bonds is 44.